The molecule has 0 saturated heterocycles. The largest absolute Gasteiger partial charge is 0.390 e. The van der Waals surface area contributed by atoms with Crippen molar-refractivity contribution in [3.8, 4) is 0 Å². The Morgan fingerprint density at radius 3 is 2.69 bits per heavy atom. The van der Waals surface area contributed by atoms with Crippen LogP contribution in [0.4, 0.5) is 8.78 Å². The topological polar surface area (TPSA) is 33.1 Å². The molecule has 0 aliphatic carbocycles. The fraction of sp³-hybridized carbons (Fsp3) is 0.286. The monoisotopic (exact) mass is 363 g/mol. The van der Waals surface area contributed by atoms with Gasteiger partial charge in [-0.15, -0.1) is 0 Å². The number of aliphatic hydroxyl groups is 1. The molecule has 1 N–H and O–H groups in total. The number of alkyl halides is 2. The zero-order chi connectivity index (χ0) is 10.0. The van der Waals surface area contributed by atoms with Gasteiger partial charge in [0.05, 0.1) is 16.8 Å². The molecular formula is C7H5BrF2INO. The molecule has 1 aromatic heterocycles. The average Bonchev–Trinajstić information content (AvgIpc) is 2.09. The lowest BCUT2D eigenvalue weighted by molar-refractivity contribution is 0.145. The first-order chi connectivity index (χ1) is 6.06. The molecular weight excluding hydrogens is 359 g/mol. The van der Waals surface area contributed by atoms with Crippen LogP contribution in [-0.4, -0.2) is 10.1 Å². The highest BCUT2D eigenvalue weighted by Crippen LogP contribution is 2.27. The molecule has 0 spiro atoms. The standard InChI is InChI=1S/C7H5BrF2INO/c8-6-3(11)1-4(7(9)10)12-5(6)2-13/h1,7,13H,2H2. The van der Waals surface area contributed by atoms with Gasteiger partial charge in [0.25, 0.3) is 6.43 Å². The van der Waals surface area contributed by atoms with Gasteiger partial charge in [0.1, 0.15) is 5.69 Å². The molecule has 1 aromatic rings. The Bertz CT molecular complexity index is 322. The van der Waals surface area contributed by atoms with E-state index < -0.39 is 6.43 Å². The molecule has 0 radical (unpaired) electrons. The van der Waals surface area contributed by atoms with Crippen LogP contribution in [0, 0.1) is 3.57 Å². The maximum Gasteiger partial charge on any atom is 0.280 e. The van der Waals surface area contributed by atoms with Gasteiger partial charge in [0, 0.05) is 3.57 Å². The van der Waals surface area contributed by atoms with Gasteiger partial charge in [-0.05, 0) is 44.6 Å². The summed E-state index contributed by atoms with van der Waals surface area (Å²) in [5.74, 6) is 0. The van der Waals surface area contributed by atoms with Crippen LogP contribution in [0.5, 0.6) is 0 Å². The van der Waals surface area contributed by atoms with Crippen molar-refractivity contribution in [2.75, 3.05) is 0 Å². The van der Waals surface area contributed by atoms with Crippen molar-refractivity contribution in [2.45, 2.75) is 13.0 Å². The van der Waals surface area contributed by atoms with Crippen LogP contribution >= 0.6 is 38.5 Å². The quantitative estimate of drug-likeness (QED) is 0.819. The SMILES string of the molecule is OCc1nc(C(F)F)cc(I)c1Br. The van der Waals surface area contributed by atoms with Crippen LogP contribution < -0.4 is 0 Å². The summed E-state index contributed by atoms with van der Waals surface area (Å²) in [5, 5.41) is 8.81. The van der Waals surface area contributed by atoms with Crippen molar-refractivity contribution in [3.63, 3.8) is 0 Å². The van der Waals surface area contributed by atoms with Gasteiger partial charge in [-0.3, -0.25) is 0 Å². The predicted octanol–water partition coefficient (Wildman–Crippen LogP) is 2.88. The molecule has 13 heavy (non-hydrogen) atoms. The lowest BCUT2D eigenvalue weighted by atomic mass is 10.3. The summed E-state index contributed by atoms with van der Waals surface area (Å²) in [4.78, 5) is 3.60. The van der Waals surface area contributed by atoms with Crippen molar-refractivity contribution < 1.29 is 13.9 Å². The molecule has 1 heterocycles. The van der Waals surface area contributed by atoms with Gasteiger partial charge in [-0.2, -0.15) is 0 Å². The van der Waals surface area contributed by atoms with Gasteiger partial charge in [-0.25, -0.2) is 13.8 Å². The Balaban J connectivity index is 3.22. The number of halogens is 4. The third-order valence-electron chi connectivity index (χ3n) is 1.38. The molecule has 1 rings (SSSR count). The number of aliphatic hydroxyl groups excluding tert-OH is 1. The summed E-state index contributed by atoms with van der Waals surface area (Å²) < 4.78 is 25.7. The number of aromatic nitrogens is 1. The molecule has 72 valence electrons. The maximum absolute atomic E-state index is 12.2. The lowest BCUT2D eigenvalue weighted by Gasteiger charge is -2.06. The van der Waals surface area contributed by atoms with Gasteiger partial charge >= 0.3 is 0 Å². The molecule has 0 saturated carbocycles. The van der Waals surface area contributed by atoms with E-state index in [1.165, 1.54) is 6.07 Å². The second kappa shape index (κ2) is 4.61. The number of rotatable bonds is 2. The summed E-state index contributed by atoms with van der Waals surface area (Å²) in [7, 11) is 0. The molecule has 6 heteroatoms. The minimum atomic E-state index is -2.60. The summed E-state index contributed by atoms with van der Waals surface area (Å²) in [5.41, 5.74) is -0.0705. The molecule has 0 aliphatic rings. The van der Waals surface area contributed by atoms with E-state index in [4.69, 9.17) is 5.11 Å². The van der Waals surface area contributed by atoms with E-state index >= 15 is 0 Å². The smallest absolute Gasteiger partial charge is 0.280 e. The minimum Gasteiger partial charge on any atom is -0.390 e. The van der Waals surface area contributed by atoms with Gasteiger partial charge < -0.3 is 5.11 Å². The first kappa shape index (κ1) is 11.3. The Morgan fingerprint density at radius 2 is 2.23 bits per heavy atom. The second-order valence-corrected chi connectivity index (χ2v) is 4.20. The van der Waals surface area contributed by atoms with E-state index in [0.29, 0.717) is 8.04 Å². The van der Waals surface area contributed by atoms with E-state index in [2.05, 4.69) is 20.9 Å². The Morgan fingerprint density at radius 1 is 1.62 bits per heavy atom. The van der Waals surface area contributed by atoms with Crippen LogP contribution in [0.25, 0.3) is 0 Å². The zero-order valence-electron chi connectivity index (χ0n) is 6.27. The zero-order valence-corrected chi connectivity index (χ0v) is 10.0. The van der Waals surface area contributed by atoms with Crippen LogP contribution in [0.2, 0.25) is 0 Å². The van der Waals surface area contributed by atoms with Crippen LogP contribution in [0.1, 0.15) is 17.8 Å². The van der Waals surface area contributed by atoms with Crippen molar-refractivity contribution in [2.24, 2.45) is 0 Å². The molecule has 0 atom stereocenters. The van der Waals surface area contributed by atoms with Crippen LogP contribution in [0.3, 0.4) is 0 Å². The molecule has 0 amide bonds. The van der Waals surface area contributed by atoms with Gasteiger partial charge in [0.15, 0.2) is 0 Å². The molecule has 0 aliphatic heterocycles. The van der Waals surface area contributed by atoms with E-state index in [0.717, 1.165) is 0 Å². The van der Waals surface area contributed by atoms with Crippen LogP contribution in [0.15, 0.2) is 10.5 Å². The predicted molar refractivity (Wildman–Crippen MR) is 55.5 cm³/mol. The Labute approximate surface area is 95.6 Å². The minimum absolute atomic E-state index is 0.238. The second-order valence-electron chi connectivity index (χ2n) is 2.25. The first-order valence-electron chi connectivity index (χ1n) is 3.30. The van der Waals surface area contributed by atoms with E-state index in [9.17, 15) is 8.78 Å². The first-order valence-corrected chi connectivity index (χ1v) is 5.17. The van der Waals surface area contributed by atoms with E-state index in [1.54, 1.807) is 0 Å². The van der Waals surface area contributed by atoms with E-state index in [1.807, 2.05) is 22.6 Å². The molecule has 0 aromatic carbocycles. The van der Waals surface area contributed by atoms with Crippen molar-refractivity contribution in [1.82, 2.24) is 4.98 Å². The fourth-order valence-corrected chi connectivity index (χ4v) is 1.74. The molecule has 0 bridgehead atoms. The summed E-state index contributed by atoms with van der Waals surface area (Å²) in [6.07, 6.45) is -2.60. The highest BCUT2D eigenvalue weighted by atomic mass is 127. The normalized spacial score (nSPS) is 10.9. The number of hydrogen-bond acceptors (Lipinski definition) is 2. The molecule has 0 unspecified atom stereocenters. The summed E-state index contributed by atoms with van der Waals surface area (Å²) in [6, 6.07) is 1.29. The van der Waals surface area contributed by atoms with Crippen molar-refractivity contribution >= 4 is 38.5 Å². The summed E-state index contributed by atoms with van der Waals surface area (Å²) in [6.45, 7) is -0.350. The van der Waals surface area contributed by atoms with Gasteiger partial charge in [0.2, 0.25) is 0 Å². The Kier molecular flexibility index (Phi) is 3.99. The van der Waals surface area contributed by atoms with Crippen molar-refractivity contribution in [1.29, 1.82) is 0 Å². The molecule has 0 fully saturated rings. The van der Waals surface area contributed by atoms with Gasteiger partial charge in [-0.1, -0.05) is 0 Å². The van der Waals surface area contributed by atoms with E-state index in [-0.39, 0.29) is 18.0 Å². The van der Waals surface area contributed by atoms with Crippen molar-refractivity contribution in [3.05, 3.63) is 25.5 Å². The van der Waals surface area contributed by atoms with Crippen LogP contribution in [-0.2, 0) is 6.61 Å². The average molecular weight is 364 g/mol. The molecule has 2 nitrogen and oxygen atoms in total. The third-order valence-corrected chi connectivity index (χ3v) is 3.85. The highest BCUT2D eigenvalue weighted by Gasteiger charge is 2.14. The Hall–Kier alpha value is 0.180. The fourth-order valence-electron chi connectivity index (χ4n) is 0.785. The highest BCUT2D eigenvalue weighted by molar-refractivity contribution is 14.1. The number of pyridine rings is 1. The maximum atomic E-state index is 12.2. The number of nitrogens with zero attached hydrogens (tertiary/aromatic N) is 1. The lowest BCUT2D eigenvalue weighted by Crippen LogP contribution is -1.99. The third kappa shape index (κ3) is 2.57. The summed E-state index contributed by atoms with van der Waals surface area (Å²) >= 11 is 5.05. The number of hydrogen-bond donors (Lipinski definition) is 1.